The van der Waals surface area contributed by atoms with Crippen LogP contribution in [0.1, 0.15) is 22.4 Å². The van der Waals surface area contributed by atoms with E-state index in [9.17, 15) is 0 Å². The van der Waals surface area contributed by atoms with Gasteiger partial charge in [0.2, 0.25) is 0 Å². The van der Waals surface area contributed by atoms with Gasteiger partial charge in [-0.3, -0.25) is 4.68 Å². The lowest BCUT2D eigenvalue weighted by atomic mass is 10.1. The van der Waals surface area contributed by atoms with Crippen molar-refractivity contribution in [3.8, 4) is 0 Å². The Morgan fingerprint density at radius 3 is 3.00 bits per heavy atom. The molecule has 7 heteroatoms. The average Bonchev–Trinajstić information content (AvgIpc) is 2.93. The second-order valence-corrected chi connectivity index (χ2v) is 5.64. The van der Waals surface area contributed by atoms with Gasteiger partial charge in [-0.05, 0) is 6.92 Å². The van der Waals surface area contributed by atoms with Gasteiger partial charge in [-0.1, -0.05) is 11.6 Å². The van der Waals surface area contributed by atoms with Gasteiger partial charge in [-0.2, -0.15) is 5.10 Å². The largest absolute Gasteiger partial charge is 0.383 e. The van der Waals surface area contributed by atoms with E-state index in [1.165, 1.54) is 0 Å². The smallest absolute Gasteiger partial charge is 0.0947 e. The molecular weight excluding hydrogens is 284 g/mol. The molecule has 2 heterocycles. The zero-order valence-corrected chi connectivity index (χ0v) is 12.5. The topological polar surface area (TPSA) is 66.0 Å². The van der Waals surface area contributed by atoms with E-state index in [0.29, 0.717) is 24.6 Å². The van der Waals surface area contributed by atoms with Crippen LogP contribution in [0.5, 0.6) is 0 Å². The SMILES string of the molecule is COCCn1ncc(Cl)c1C(N)Cc1nc(C)cs1. The van der Waals surface area contributed by atoms with E-state index in [1.54, 1.807) is 29.3 Å². The monoisotopic (exact) mass is 300 g/mol. The second kappa shape index (κ2) is 6.47. The number of halogens is 1. The Morgan fingerprint density at radius 1 is 1.58 bits per heavy atom. The van der Waals surface area contributed by atoms with Crippen LogP contribution in [0.4, 0.5) is 0 Å². The van der Waals surface area contributed by atoms with Crippen molar-refractivity contribution in [1.82, 2.24) is 14.8 Å². The summed E-state index contributed by atoms with van der Waals surface area (Å²) in [4.78, 5) is 4.42. The van der Waals surface area contributed by atoms with Crippen LogP contribution < -0.4 is 5.73 Å². The van der Waals surface area contributed by atoms with Gasteiger partial charge in [0.25, 0.3) is 0 Å². The number of aryl methyl sites for hydroxylation is 1. The summed E-state index contributed by atoms with van der Waals surface area (Å²) in [5.41, 5.74) is 8.09. The van der Waals surface area contributed by atoms with E-state index in [2.05, 4.69) is 10.1 Å². The van der Waals surface area contributed by atoms with Crippen LogP contribution in [-0.4, -0.2) is 28.5 Å². The molecule has 2 rings (SSSR count). The number of thiazole rings is 1. The minimum Gasteiger partial charge on any atom is -0.383 e. The Hall–Kier alpha value is -0.950. The Balaban J connectivity index is 2.13. The average molecular weight is 301 g/mol. The van der Waals surface area contributed by atoms with Crippen molar-refractivity contribution in [3.63, 3.8) is 0 Å². The maximum Gasteiger partial charge on any atom is 0.0947 e. The number of nitrogens with zero attached hydrogens (tertiary/aromatic N) is 3. The lowest BCUT2D eigenvalue weighted by molar-refractivity contribution is 0.182. The van der Waals surface area contributed by atoms with Gasteiger partial charge in [-0.15, -0.1) is 11.3 Å². The van der Waals surface area contributed by atoms with Crippen molar-refractivity contribution in [3.05, 3.63) is 33.0 Å². The van der Waals surface area contributed by atoms with Gasteiger partial charge in [-0.25, -0.2) is 4.98 Å². The molecule has 0 aliphatic rings. The van der Waals surface area contributed by atoms with Gasteiger partial charge in [0, 0.05) is 24.6 Å². The Kier molecular flexibility index (Phi) is 4.93. The molecule has 0 aromatic carbocycles. The third kappa shape index (κ3) is 3.54. The molecule has 2 aromatic rings. The molecule has 5 nitrogen and oxygen atoms in total. The van der Waals surface area contributed by atoms with Crippen molar-refractivity contribution >= 4 is 22.9 Å². The van der Waals surface area contributed by atoms with Crippen molar-refractivity contribution in [2.45, 2.75) is 25.9 Å². The summed E-state index contributed by atoms with van der Waals surface area (Å²) in [7, 11) is 1.66. The summed E-state index contributed by atoms with van der Waals surface area (Å²) in [5, 5.41) is 7.86. The zero-order chi connectivity index (χ0) is 13.8. The van der Waals surface area contributed by atoms with E-state index in [4.69, 9.17) is 22.1 Å². The van der Waals surface area contributed by atoms with Gasteiger partial charge in [0.05, 0.1) is 41.1 Å². The molecule has 1 unspecified atom stereocenters. The first-order valence-electron chi connectivity index (χ1n) is 5.98. The molecule has 104 valence electrons. The van der Waals surface area contributed by atoms with Gasteiger partial charge in [0.15, 0.2) is 0 Å². The number of hydrogen-bond donors (Lipinski definition) is 1. The predicted octanol–water partition coefficient (Wildman–Crippen LogP) is 2.19. The molecule has 0 bridgehead atoms. The molecule has 19 heavy (non-hydrogen) atoms. The number of rotatable bonds is 6. The highest BCUT2D eigenvalue weighted by Gasteiger charge is 2.18. The molecule has 0 saturated heterocycles. The highest BCUT2D eigenvalue weighted by molar-refractivity contribution is 7.09. The fourth-order valence-corrected chi connectivity index (χ4v) is 2.99. The maximum atomic E-state index is 6.23. The Morgan fingerprint density at radius 2 is 2.37 bits per heavy atom. The summed E-state index contributed by atoms with van der Waals surface area (Å²) < 4.78 is 6.86. The lowest BCUT2D eigenvalue weighted by Crippen LogP contribution is -2.20. The van der Waals surface area contributed by atoms with Gasteiger partial charge in [0.1, 0.15) is 0 Å². The highest BCUT2D eigenvalue weighted by atomic mass is 35.5. The summed E-state index contributed by atoms with van der Waals surface area (Å²) >= 11 is 7.79. The molecular formula is C12H17ClN4OS. The molecule has 0 saturated carbocycles. The number of methoxy groups -OCH3 is 1. The van der Waals surface area contributed by atoms with Crippen LogP contribution in [0.25, 0.3) is 0 Å². The van der Waals surface area contributed by atoms with Crippen LogP contribution in [0.15, 0.2) is 11.6 Å². The third-order valence-corrected chi connectivity index (χ3v) is 4.03. The summed E-state index contributed by atoms with van der Waals surface area (Å²) in [6.07, 6.45) is 2.29. The standard InChI is InChI=1S/C12H17ClN4OS/c1-8-7-19-11(16-8)5-10(14)12-9(13)6-15-17(12)3-4-18-2/h6-7,10H,3-5,14H2,1-2H3. The van der Waals surface area contributed by atoms with E-state index < -0.39 is 0 Å². The van der Waals surface area contributed by atoms with Crippen LogP contribution in [0.2, 0.25) is 5.02 Å². The molecule has 0 aliphatic carbocycles. The maximum absolute atomic E-state index is 6.23. The van der Waals surface area contributed by atoms with Gasteiger partial charge >= 0.3 is 0 Å². The Labute approximate surface area is 121 Å². The fourth-order valence-electron chi connectivity index (χ4n) is 1.88. The number of ether oxygens (including phenoxy) is 1. The van der Waals surface area contributed by atoms with E-state index >= 15 is 0 Å². The first-order chi connectivity index (χ1) is 9.11. The van der Waals surface area contributed by atoms with Crippen molar-refractivity contribution in [2.75, 3.05) is 13.7 Å². The normalized spacial score (nSPS) is 12.8. The van der Waals surface area contributed by atoms with Gasteiger partial charge < -0.3 is 10.5 Å². The summed E-state index contributed by atoms with van der Waals surface area (Å²) in [5.74, 6) is 0. The first-order valence-corrected chi connectivity index (χ1v) is 7.24. The summed E-state index contributed by atoms with van der Waals surface area (Å²) in [6, 6.07) is -0.211. The molecule has 0 amide bonds. The molecule has 0 fully saturated rings. The number of hydrogen-bond acceptors (Lipinski definition) is 5. The minimum atomic E-state index is -0.211. The van der Waals surface area contributed by atoms with Crippen molar-refractivity contribution < 1.29 is 4.74 Å². The van der Waals surface area contributed by atoms with Crippen molar-refractivity contribution in [1.29, 1.82) is 0 Å². The van der Waals surface area contributed by atoms with Crippen LogP contribution in [0.3, 0.4) is 0 Å². The highest BCUT2D eigenvalue weighted by Crippen LogP contribution is 2.25. The zero-order valence-electron chi connectivity index (χ0n) is 11.0. The van der Waals surface area contributed by atoms with Crippen LogP contribution in [-0.2, 0) is 17.7 Å². The van der Waals surface area contributed by atoms with E-state index in [1.807, 2.05) is 12.3 Å². The molecule has 0 radical (unpaired) electrons. The lowest BCUT2D eigenvalue weighted by Gasteiger charge is -2.13. The Bertz CT molecular complexity index is 540. The molecule has 2 N–H and O–H groups in total. The number of nitrogens with two attached hydrogens (primary N) is 1. The second-order valence-electron chi connectivity index (χ2n) is 4.29. The minimum absolute atomic E-state index is 0.211. The van der Waals surface area contributed by atoms with Crippen molar-refractivity contribution in [2.24, 2.45) is 5.73 Å². The quantitative estimate of drug-likeness (QED) is 0.888. The molecule has 0 aliphatic heterocycles. The molecule has 2 aromatic heterocycles. The fraction of sp³-hybridized carbons (Fsp3) is 0.500. The third-order valence-electron chi connectivity index (χ3n) is 2.75. The summed E-state index contributed by atoms with van der Waals surface area (Å²) in [6.45, 7) is 3.19. The van der Waals surface area contributed by atoms with E-state index in [0.717, 1.165) is 16.4 Å². The first kappa shape index (κ1) is 14.5. The molecule has 1 atom stereocenters. The molecule has 0 spiro atoms. The van der Waals surface area contributed by atoms with Crippen LogP contribution in [0, 0.1) is 6.92 Å². The van der Waals surface area contributed by atoms with Crippen LogP contribution >= 0.6 is 22.9 Å². The van der Waals surface area contributed by atoms with E-state index in [-0.39, 0.29) is 6.04 Å². The number of aromatic nitrogens is 3. The predicted molar refractivity (Wildman–Crippen MR) is 76.6 cm³/mol.